The maximum Gasteiger partial charge on any atom is 0.148 e. The van der Waals surface area contributed by atoms with Gasteiger partial charge in [0, 0.05) is 38.6 Å². The van der Waals surface area contributed by atoms with Gasteiger partial charge in [-0.2, -0.15) is 0 Å². The van der Waals surface area contributed by atoms with E-state index in [1.807, 2.05) is 48.7 Å². The van der Waals surface area contributed by atoms with Crippen LogP contribution in [-0.4, -0.2) is 19.6 Å². The summed E-state index contributed by atoms with van der Waals surface area (Å²) in [4.78, 5) is 10.2. The third kappa shape index (κ3) is 6.50. The zero-order valence-electron chi connectivity index (χ0n) is 28.7. The van der Waals surface area contributed by atoms with Crippen LogP contribution in [-0.2, 0) is 31.9 Å². The summed E-state index contributed by atoms with van der Waals surface area (Å²) in [6.45, 7) is 13.6. The molecule has 0 unspecified atom stereocenters. The molecular weight excluding hydrogens is 782 g/mol. The van der Waals surface area contributed by atoms with Crippen LogP contribution >= 0.6 is 0 Å². The fourth-order valence-corrected chi connectivity index (χ4v) is 6.51. The molecule has 0 amide bonds. The van der Waals surface area contributed by atoms with Crippen molar-refractivity contribution in [2.45, 2.75) is 52.4 Å². The molecule has 1 N–H and O–H groups in total. The predicted molar refractivity (Wildman–Crippen MR) is 199 cm³/mol. The number of phenolic OH excluding ortho intramolecular Hbond substituents is 1. The molecule has 0 radical (unpaired) electrons. The quantitative estimate of drug-likeness (QED) is 0.176. The SMILES string of the molecule is CC(C)(C)c1cc(C(C)(C)C)c(-c2cccc3c2nc(-c2ccccc2O)n3-c2ccccc2)[c-]c1-c1cc(-c2ccccc2)ccn1.[Pt]. The summed E-state index contributed by atoms with van der Waals surface area (Å²) in [5, 5.41) is 11.0. The molecule has 2 aromatic heterocycles. The topological polar surface area (TPSA) is 50.9 Å². The van der Waals surface area contributed by atoms with Gasteiger partial charge in [0.25, 0.3) is 0 Å². The van der Waals surface area contributed by atoms with Crippen LogP contribution in [0.4, 0.5) is 0 Å². The van der Waals surface area contributed by atoms with Gasteiger partial charge in [0.05, 0.1) is 16.6 Å². The first kappa shape index (κ1) is 34.1. The zero-order valence-corrected chi connectivity index (χ0v) is 31.0. The fraction of sp³-hybridized carbons (Fsp3) is 0.182. The van der Waals surface area contributed by atoms with E-state index < -0.39 is 0 Å². The molecule has 0 atom stereocenters. The molecule has 7 rings (SSSR count). The zero-order chi connectivity index (χ0) is 33.6. The van der Waals surface area contributed by atoms with Crippen molar-refractivity contribution in [2.75, 3.05) is 0 Å². The van der Waals surface area contributed by atoms with Crippen LogP contribution in [0.5, 0.6) is 5.75 Å². The maximum atomic E-state index is 11.0. The van der Waals surface area contributed by atoms with Gasteiger partial charge in [-0.3, -0.25) is 9.55 Å². The summed E-state index contributed by atoms with van der Waals surface area (Å²) in [6, 6.07) is 45.0. The van der Waals surface area contributed by atoms with Crippen molar-refractivity contribution in [3.63, 3.8) is 0 Å². The number of benzene rings is 5. The molecule has 2 heterocycles. The molecule has 0 aliphatic rings. The summed E-state index contributed by atoms with van der Waals surface area (Å²) < 4.78 is 2.14. The molecule has 0 spiro atoms. The number of hydrogen-bond donors (Lipinski definition) is 1. The average molecular weight is 822 g/mol. The fourth-order valence-electron chi connectivity index (χ4n) is 6.51. The van der Waals surface area contributed by atoms with E-state index >= 15 is 0 Å². The van der Waals surface area contributed by atoms with Crippen molar-refractivity contribution in [3.8, 4) is 56.3 Å². The van der Waals surface area contributed by atoms with Crippen LogP contribution in [0.15, 0.2) is 128 Å². The van der Waals surface area contributed by atoms with Crippen LogP contribution in [0.1, 0.15) is 52.7 Å². The number of nitrogens with zero attached hydrogens (tertiary/aromatic N) is 3. The largest absolute Gasteiger partial charge is 0.507 e. The van der Waals surface area contributed by atoms with E-state index in [0.29, 0.717) is 11.4 Å². The third-order valence-electron chi connectivity index (χ3n) is 8.93. The van der Waals surface area contributed by atoms with Gasteiger partial charge in [-0.1, -0.05) is 132 Å². The van der Waals surface area contributed by atoms with Gasteiger partial charge >= 0.3 is 0 Å². The second-order valence-electron chi connectivity index (χ2n) is 14.4. The van der Waals surface area contributed by atoms with Crippen molar-refractivity contribution in [1.82, 2.24) is 14.5 Å². The minimum Gasteiger partial charge on any atom is -0.507 e. The molecular formula is C44H40N3OPt-. The summed E-state index contributed by atoms with van der Waals surface area (Å²) >= 11 is 0. The molecule has 0 saturated carbocycles. The van der Waals surface area contributed by atoms with E-state index in [2.05, 4.69) is 125 Å². The Morgan fingerprint density at radius 3 is 1.90 bits per heavy atom. The van der Waals surface area contributed by atoms with Crippen LogP contribution in [0.2, 0.25) is 0 Å². The Labute approximate surface area is 303 Å². The Hall–Kier alpha value is -4.79. The first-order valence-electron chi connectivity index (χ1n) is 16.5. The molecule has 248 valence electrons. The molecule has 7 aromatic rings. The maximum absolute atomic E-state index is 11.0. The predicted octanol–water partition coefficient (Wildman–Crippen LogP) is 11.2. The molecule has 49 heavy (non-hydrogen) atoms. The van der Waals surface area contributed by atoms with Crippen molar-refractivity contribution >= 4 is 11.0 Å². The number of hydrogen-bond acceptors (Lipinski definition) is 3. The smallest absolute Gasteiger partial charge is 0.148 e. The second kappa shape index (κ2) is 13.3. The van der Waals surface area contributed by atoms with Crippen LogP contribution in [0, 0.1) is 6.07 Å². The number of fused-ring (bicyclic) bond motifs is 1. The number of pyridine rings is 1. The van der Waals surface area contributed by atoms with E-state index in [9.17, 15) is 5.11 Å². The monoisotopic (exact) mass is 821 g/mol. The van der Waals surface area contributed by atoms with Crippen molar-refractivity contribution in [1.29, 1.82) is 0 Å². The molecule has 0 saturated heterocycles. The van der Waals surface area contributed by atoms with E-state index in [0.717, 1.165) is 50.2 Å². The van der Waals surface area contributed by atoms with E-state index in [1.54, 1.807) is 6.07 Å². The number of aromatic hydroxyl groups is 1. The second-order valence-corrected chi connectivity index (χ2v) is 14.4. The van der Waals surface area contributed by atoms with Gasteiger partial charge in [0.15, 0.2) is 0 Å². The van der Waals surface area contributed by atoms with Gasteiger partial charge in [0.2, 0.25) is 0 Å². The van der Waals surface area contributed by atoms with Gasteiger partial charge in [-0.05, 0) is 58.4 Å². The minimum absolute atomic E-state index is 0. The van der Waals surface area contributed by atoms with Crippen LogP contribution in [0.25, 0.3) is 61.6 Å². The third-order valence-corrected chi connectivity index (χ3v) is 8.93. The number of para-hydroxylation sites is 3. The number of phenols is 1. The Bertz CT molecular complexity index is 2260. The first-order chi connectivity index (χ1) is 23.0. The molecule has 5 aromatic carbocycles. The van der Waals surface area contributed by atoms with E-state index in [1.165, 1.54) is 11.1 Å². The van der Waals surface area contributed by atoms with Crippen molar-refractivity contribution < 1.29 is 26.2 Å². The Morgan fingerprint density at radius 2 is 1.22 bits per heavy atom. The standard InChI is InChI=1S/C44H40N3O.Pt/c1-43(2,3)36-28-37(44(4,5)6)35(38-26-30(24-25-45-38)29-16-9-7-10-17-29)27-34(36)32-21-15-22-39-41(32)46-42(33-20-13-14-23-40(33)48)47(39)31-18-11-8-12-19-31;/h7-26,28,48H,1-6H3;/q-1;. The first-order valence-corrected chi connectivity index (χ1v) is 16.5. The van der Waals surface area contributed by atoms with Gasteiger partial charge < -0.3 is 5.11 Å². The number of imidazole rings is 1. The molecule has 0 fully saturated rings. The molecule has 0 aliphatic carbocycles. The summed E-state index contributed by atoms with van der Waals surface area (Å²) in [5.74, 6) is 0.873. The molecule has 4 nitrogen and oxygen atoms in total. The van der Waals surface area contributed by atoms with Gasteiger partial charge in [-0.15, -0.1) is 28.8 Å². The average Bonchev–Trinajstić information content (AvgIpc) is 3.47. The Morgan fingerprint density at radius 1 is 0.612 bits per heavy atom. The minimum atomic E-state index is -0.186. The number of aromatic nitrogens is 3. The Kier molecular flexibility index (Phi) is 9.22. The normalized spacial score (nSPS) is 11.8. The molecule has 0 aliphatic heterocycles. The Balaban J connectivity index is 0.00000417. The summed E-state index contributed by atoms with van der Waals surface area (Å²) in [7, 11) is 0. The van der Waals surface area contributed by atoms with Crippen LogP contribution in [0.3, 0.4) is 0 Å². The summed E-state index contributed by atoms with van der Waals surface area (Å²) in [5.41, 5.74) is 11.6. The number of rotatable bonds is 5. The van der Waals surface area contributed by atoms with E-state index in [-0.39, 0.29) is 37.6 Å². The molecule has 5 heteroatoms. The van der Waals surface area contributed by atoms with Gasteiger partial charge in [0.1, 0.15) is 11.6 Å². The summed E-state index contributed by atoms with van der Waals surface area (Å²) in [6.07, 6.45) is 1.90. The van der Waals surface area contributed by atoms with E-state index in [4.69, 9.17) is 9.97 Å². The van der Waals surface area contributed by atoms with Crippen molar-refractivity contribution in [3.05, 3.63) is 145 Å². The van der Waals surface area contributed by atoms with Gasteiger partial charge in [-0.25, -0.2) is 4.98 Å². The molecule has 0 bridgehead atoms. The van der Waals surface area contributed by atoms with Crippen molar-refractivity contribution in [2.24, 2.45) is 0 Å². The van der Waals surface area contributed by atoms with Crippen LogP contribution < -0.4 is 0 Å².